The number of hydrogen-bond donors (Lipinski definition) is 2. The maximum Gasteiger partial charge on any atom is 0.260 e. The third-order valence-corrected chi connectivity index (χ3v) is 4.64. The first-order valence-electron chi connectivity index (χ1n) is 9.33. The molecule has 0 bridgehead atoms. The molecule has 2 amide bonds. The van der Waals surface area contributed by atoms with Crippen molar-refractivity contribution in [1.82, 2.24) is 9.88 Å². The Morgan fingerprint density at radius 1 is 1.17 bits per heavy atom. The van der Waals surface area contributed by atoms with Crippen LogP contribution in [0.25, 0.3) is 5.88 Å². The number of rotatable bonds is 6. The zero-order valence-corrected chi connectivity index (χ0v) is 16.5. The van der Waals surface area contributed by atoms with Crippen molar-refractivity contribution in [3.63, 3.8) is 0 Å². The van der Waals surface area contributed by atoms with Crippen molar-refractivity contribution in [1.29, 1.82) is 5.26 Å². The summed E-state index contributed by atoms with van der Waals surface area (Å²) >= 11 is 0. The Labute approximate surface area is 168 Å². The summed E-state index contributed by atoms with van der Waals surface area (Å²) < 4.78 is 7.31. The molecule has 1 atom stereocenters. The smallest absolute Gasteiger partial charge is 0.260 e. The molecule has 0 aliphatic carbocycles. The summed E-state index contributed by atoms with van der Waals surface area (Å²) in [6.45, 7) is 5.58. The maximum absolute atomic E-state index is 12.8. The molecule has 1 aromatic carbocycles. The molecule has 0 spiro atoms. The molecular formula is C22H22N4O3. The molecule has 2 aromatic heterocycles. The molecule has 1 unspecified atom stereocenters. The Morgan fingerprint density at radius 3 is 2.41 bits per heavy atom. The summed E-state index contributed by atoms with van der Waals surface area (Å²) in [7, 11) is 0. The SMILES string of the molecule is CCC(C)NC(=O)c1ccc(NC(=O)c2c(C)oc(-n3cccc3)c2C#N)cc1. The van der Waals surface area contributed by atoms with E-state index in [1.54, 1.807) is 60.3 Å². The molecule has 0 radical (unpaired) electrons. The van der Waals surface area contributed by atoms with E-state index in [1.165, 1.54) is 0 Å². The van der Waals surface area contributed by atoms with Gasteiger partial charge in [0.1, 0.15) is 23.0 Å². The molecular weight excluding hydrogens is 368 g/mol. The fourth-order valence-electron chi connectivity index (χ4n) is 2.87. The molecule has 7 heteroatoms. The Kier molecular flexibility index (Phi) is 5.84. The normalized spacial score (nSPS) is 11.5. The second-order valence-electron chi connectivity index (χ2n) is 6.73. The van der Waals surface area contributed by atoms with Gasteiger partial charge in [0.15, 0.2) is 0 Å². The summed E-state index contributed by atoms with van der Waals surface area (Å²) in [5.41, 5.74) is 1.38. The van der Waals surface area contributed by atoms with Gasteiger partial charge in [0.2, 0.25) is 5.88 Å². The van der Waals surface area contributed by atoms with Crippen LogP contribution < -0.4 is 10.6 Å². The van der Waals surface area contributed by atoms with Gasteiger partial charge in [-0.25, -0.2) is 0 Å². The summed E-state index contributed by atoms with van der Waals surface area (Å²) in [5, 5.41) is 15.2. The molecule has 0 saturated carbocycles. The van der Waals surface area contributed by atoms with Crippen LogP contribution in [0.15, 0.2) is 53.2 Å². The number of hydrogen-bond acceptors (Lipinski definition) is 4. The fourth-order valence-corrected chi connectivity index (χ4v) is 2.87. The van der Waals surface area contributed by atoms with E-state index in [0.717, 1.165) is 6.42 Å². The van der Waals surface area contributed by atoms with Crippen LogP contribution >= 0.6 is 0 Å². The number of carbonyl (C=O) groups is 2. The number of nitrogens with zero attached hydrogens (tertiary/aromatic N) is 2. The van der Waals surface area contributed by atoms with Crippen molar-refractivity contribution in [2.75, 3.05) is 5.32 Å². The number of aryl methyl sites for hydroxylation is 1. The molecule has 0 saturated heterocycles. The Morgan fingerprint density at radius 2 is 1.83 bits per heavy atom. The van der Waals surface area contributed by atoms with E-state index < -0.39 is 5.91 Å². The molecule has 0 aliphatic heterocycles. The van der Waals surface area contributed by atoms with Gasteiger partial charge in [0.25, 0.3) is 11.8 Å². The minimum atomic E-state index is -0.446. The van der Waals surface area contributed by atoms with Crippen molar-refractivity contribution < 1.29 is 14.0 Å². The van der Waals surface area contributed by atoms with Crippen LogP contribution in [-0.2, 0) is 0 Å². The van der Waals surface area contributed by atoms with Crippen molar-refractivity contribution >= 4 is 17.5 Å². The van der Waals surface area contributed by atoms with Crippen LogP contribution in [0, 0.1) is 18.3 Å². The summed E-state index contributed by atoms with van der Waals surface area (Å²) in [6, 6.07) is 12.3. The van der Waals surface area contributed by atoms with Crippen LogP contribution in [0.4, 0.5) is 5.69 Å². The first-order valence-corrected chi connectivity index (χ1v) is 9.33. The minimum absolute atomic E-state index is 0.0878. The van der Waals surface area contributed by atoms with Crippen molar-refractivity contribution in [2.24, 2.45) is 0 Å². The Bertz CT molecular complexity index is 1060. The van der Waals surface area contributed by atoms with Gasteiger partial charge in [0, 0.05) is 29.7 Å². The Balaban J connectivity index is 1.79. The van der Waals surface area contributed by atoms with Gasteiger partial charge in [-0.2, -0.15) is 5.26 Å². The summed E-state index contributed by atoms with van der Waals surface area (Å²) in [4.78, 5) is 25.0. The first-order chi connectivity index (χ1) is 13.9. The van der Waals surface area contributed by atoms with Crippen molar-refractivity contribution in [2.45, 2.75) is 33.2 Å². The lowest BCUT2D eigenvalue weighted by Gasteiger charge is -2.11. The topological polar surface area (TPSA) is 100 Å². The number of nitrogens with one attached hydrogen (secondary N) is 2. The molecule has 2 heterocycles. The van der Waals surface area contributed by atoms with Gasteiger partial charge in [-0.05, 0) is 56.7 Å². The highest BCUT2D eigenvalue weighted by atomic mass is 16.4. The van der Waals surface area contributed by atoms with Crippen molar-refractivity contribution in [3.05, 3.63) is 71.2 Å². The lowest BCUT2D eigenvalue weighted by atomic mass is 10.1. The number of carbonyl (C=O) groups excluding carboxylic acids is 2. The average Bonchev–Trinajstić information content (AvgIpc) is 3.35. The number of furan rings is 1. The largest absolute Gasteiger partial charge is 0.443 e. The predicted octanol–water partition coefficient (Wildman–Crippen LogP) is 4.03. The molecule has 3 aromatic rings. The Hall–Kier alpha value is -3.79. The predicted molar refractivity (Wildman–Crippen MR) is 109 cm³/mol. The van der Waals surface area contributed by atoms with E-state index in [1.807, 2.05) is 13.8 Å². The molecule has 0 aliphatic rings. The lowest BCUT2D eigenvalue weighted by molar-refractivity contribution is 0.0938. The highest BCUT2D eigenvalue weighted by Crippen LogP contribution is 2.26. The van der Waals surface area contributed by atoms with E-state index in [9.17, 15) is 14.9 Å². The van der Waals surface area contributed by atoms with Gasteiger partial charge in [-0.15, -0.1) is 0 Å². The van der Waals surface area contributed by atoms with Gasteiger partial charge in [-0.3, -0.25) is 14.2 Å². The number of aromatic nitrogens is 1. The second-order valence-corrected chi connectivity index (χ2v) is 6.73. The minimum Gasteiger partial charge on any atom is -0.443 e. The van der Waals surface area contributed by atoms with Crippen LogP contribution in [0.5, 0.6) is 0 Å². The van der Waals surface area contributed by atoms with E-state index in [-0.39, 0.29) is 23.1 Å². The third kappa shape index (κ3) is 4.22. The first kappa shape index (κ1) is 20.0. The third-order valence-electron chi connectivity index (χ3n) is 4.64. The number of amides is 2. The van der Waals surface area contributed by atoms with Gasteiger partial charge < -0.3 is 15.1 Å². The number of anilines is 1. The molecule has 3 rings (SSSR count). The fraction of sp³-hybridized carbons (Fsp3) is 0.227. The molecule has 29 heavy (non-hydrogen) atoms. The average molecular weight is 390 g/mol. The standard InChI is InChI=1S/C22H22N4O3/c1-4-14(2)24-20(27)16-7-9-17(10-8-16)25-21(28)19-15(3)29-22(18(19)13-23)26-11-5-6-12-26/h5-12,14H,4H2,1-3H3,(H,24,27)(H,25,28). The second kappa shape index (κ2) is 8.48. The van der Waals surface area contributed by atoms with E-state index >= 15 is 0 Å². The van der Waals surface area contributed by atoms with E-state index in [4.69, 9.17) is 4.42 Å². The quantitative estimate of drug-likeness (QED) is 0.663. The van der Waals surface area contributed by atoms with Crippen LogP contribution in [-0.4, -0.2) is 22.4 Å². The number of nitriles is 1. The zero-order chi connectivity index (χ0) is 21.0. The molecule has 0 fully saturated rings. The van der Waals surface area contributed by atoms with Crippen LogP contribution in [0.2, 0.25) is 0 Å². The van der Waals surface area contributed by atoms with E-state index in [0.29, 0.717) is 22.9 Å². The highest BCUT2D eigenvalue weighted by molar-refractivity contribution is 6.07. The van der Waals surface area contributed by atoms with Gasteiger partial charge in [0.05, 0.1) is 0 Å². The summed E-state index contributed by atoms with van der Waals surface area (Å²) in [5.74, 6) is 0.0496. The zero-order valence-electron chi connectivity index (χ0n) is 16.5. The van der Waals surface area contributed by atoms with Crippen LogP contribution in [0.1, 0.15) is 52.3 Å². The maximum atomic E-state index is 12.8. The number of benzene rings is 1. The molecule has 2 N–H and O–H groups in total. The van der Waals surface area contributed by atoms with Crippen LogP contribution in [0.3, 0.4) is 0 Å². The lowest BCUT2D eigenvalue weighted by Crippen LogP contribution is -2.31. The van der Waals surface area contributed by atoms with Gasteiger partial charge in [-0.1, -0.05) is 6.92 Å². The molecule has 148 valence electrons. The molecule has 7 nitrogen and oxygen atoms in total. The van der Waals surface area contributed by atoms with Gasteiger partial charge >= 0.3 is 0 Å². The van der Waals surface area contributed by atoms with E-state index in [2.05, 4.69) is 16.7 Å². The summed E-state index contributed by atoms with van der Waals surface area (Å²) in [6.07, 6.45) is 4.32. The van der Waals surface area contributed by atoms with Crippen molar-refractivity contribution in [3.8, 4) is 12.0 Å². The highest BCUT2D eigenvalue weighted by Gasteiger charge is 2.24. The monoisotopic (exact) mass is 390 g/mol.